The number of benzene rings is 1. The molecule has 1 unspecified atom stereocenters. The van der Waals surface area contributed by atoms with Crippen LogP contribution in [0.5, 0.6) is 5.75 Å². The summed E-state index contributed by atoms with van der Waals surface area (Å²) in [7, 11) is 1.62. The lowest BCUT2D eigenvalue weighted by atomic mass is 10.0. The molecule has 2 fully saturated rings. The van der Waals surface area contributed by atoms with E-state index in [-0.39, 0.29) is 17.9 Å². The third-order valence-electron chi connectivity index (χ3n) is 6.10. The standard InChI is InChI=1S/C23H30N4O4/c1-16(28)27(13-11-21-24-23(31-25-21)18-7-8-18)19-4-3-12-26(15-19)22(29)14-17-5-9-20(30-2)10-6-17/h5-6,9-10,18-19H,3-4,7-8,11-15H2,1-2H3. The highest BCUT2D eigenvalue weighted by Crippen LogP contribution is 2.38. The van der Waals surface area contributed by atoms with Gasteiger partial charge in [0.25, 0.3) is 0 Å². The van der Waals surface area contributed by atoms with Gasteiger partial charge >= 0.3 is 0 Å². The van der Waals surface area contributed by atoms with E-state index in [0.29, 0.717) is 37.7 Å². The van der Waals surface area contributed by atoms with Gasteiger partial charge in [0.2, 0.25) is 17.7 Å². The van der Waals surface area contributed by atoms with Gasteiger partial charge in [-0.3, -0.25) is 9.59 Å². The van der Waals surface area contributed by atoms with Crippen LogP contribution in [-0.2, 0) is 22.4 Å². The van der Waals surface area contributed by atoms with Crippen LogP contribution in [0.1, 0.15) is 55.8 Å². The molecule has 1 aliphatic heterocycles. The highest BCUT2D eigenvalue weighted by atomic mass is 16.5. The largest absolute Gasteiger partial charge is 0.497 e. The quantitative estimate of drug-likeness (QED) is 0.645. The zero-order valence-corrected chi connectivity index (χ0v) is 18.2. The summed E-state index contributed by atoms with van der Waals surface area (Å²) in [6, 6.07) is 7.58. The number of hydrogen-bond donors (Lipinski definition) is 0. The minimum Gasteiger partial charge on any atom is -0.497 e. The normalized spacial score (nSPS) is 18.6. The van der Waals surface area contributed by atoms with E-state index >= 15 is 0 Å². The summed E-state index contributed by atoms with van der Waals surface area (Å²) in [4.78, 5) is 33.4. The summed E-state index contributed by atoms with van der Waals surface area (Å²) in [5.41, 5.74) is 0.958. The van der Waals surface area contributed by atoms with Crippen LogP contribution >= 0.6 is 0 Å². The molecule has 8 nitrogen and oxygen atoms in total. The van der Waals surface area contributed by atoms with E-state index in [9.17, 15) is 9.59 Å². The van der Waals surface area contributed by atoms with Gasteiger partial charge in [0, 0.05) is 44.9 Å². The Morgan fingerprint density at radius 1 is 1.23 bits per heavy atom. The molecular weight excluding hydrogens is 396 g/mol. The first-order valence-electron chi connectivity index (χ1n) is 11.0. The Labute approximate surface area is 182 Å². The van der Waals surface area contributed by atoms with E-state index < -0.39 is 0 Å². The van der Waals surface area contributed by atoms with Crippen molar-refractivity contribution in [1.29, 1.82) is 0 Å². The van der Waals surface area contributed by atoms with Crippen molar-refractivity contribution in [1.82, 2.24) is 19.9 Å². The molecule has 0 N–H and O–H groups in total. The number of piperidine rings is 1. The summed E-state index contributed by atoms with van der Waals surface area (Å²) in [6.45, 7) is 3.41. The molecule has 4 rings (SSSR count). The van der Waals surface area contributed by atoms with E-state index in [2.05, 4.69) is 10.1 Å². The highest BCUT2D eigenvalue weighted by molar-refractivity contribution is 5.79. The van der Waals surface area contributed by atoms with Gasteiger partial charge in [-0.15, -0.1) is 0 Å². The van der Waals surface area contributed by atoms with Crippen LogP contribution < -0.4 is 4.74 Å². The SMILES string of the molecule is COc1ccc(CC(=O)N2CCCC(N(CCc3noc(C4CC4)n3)C(C)=O)C2)cc1. The maximum absolute atomic E-state index is 12.9. The minimum absolute atomic E-state index is 0.0142. The van der Waals surface area contributed by atoms with E-state index in [1.54, 1.807) is 14.0 Å². The lowest BCUT2D eigenvalue weighted by Gasteiger charge is -2.39. The summed E-state index contributed by atoms with van der Waals surface area (Å²) < 4.78 is 10.5. The summed E-state index contributed by atoms with van der Waals surface area (Å²) >= 11 is 0. The zero-order chi connectivity index (χ0) is 21.8. The maximum atomic E-state index is 12.9. The van der Waals surface area contributed by atoms with Gasteiger partial charge in [0.15, 0.2) is 5.82 Å². The monoisotopic (exact) mass is 426 g/mol. The Morgan fingerprint density at radius 3 is 2.68 bits per heavy atom. The predicted octanol–water partition coefficient (Wildman–Crippen LogP) is 2.58. The average Bonchev–Trinajstić information content (AvgIpc) is 3.52. The molecular formula is C23H30N4O4. The second-order valence-corrected chi connectivity index (χ2v) is 8.45. The van der Waals surface area contributed by atoms with Crippen molar-refractivity contribution in [2.45, 2.75) is 57.4 Å². The van der Waals surface area contributed by atoms with E-state index in [1.165, 1.54) is 0 Å². The number of carbonyl (C=O) groups excluding carboxylic acids is 2. The highest BCUT2D eigenvalue weighted by Gasteiger charge is 2.31. The predicted molar refractivity (Wildman–Crippen MR) is 114 cm³/mol. The summed E-state index contributed by atoms with van der Waals surface area (Å²) in [5, 5.41) is 4.06. The second-order valence-electron chi connectivity index (χ2n) is 8.45. The first-order valence-corrected chi connectivity index (χ1v) is 11.0. The van der Waals surface area contributed by atoms with Gasteiger partial charge in [-0.2, -0.15) is 4.98 Å². The molecule has 0 bridgehead atoms. The fourth-order valence-corrected chi connectivity index (χ4v) is 4.15. The van der Waals surface area contributed by atoms with Crippen LogP contribution in [0.15, 0.2) is 28.8 Å². The number of methoxy groups -OCH3 is 1. The number of aromatic nitrogens is 2. The van der Waals surface area contributed by atoms with Crippen molar-refractivity contribution in [2.75, 3.05) is 26.7 Å². The zero-order valence-electron chi connectivity index (χ0n) is 18.2. The number of hydrogen-bond acceptors (Lipinski definition) is 6. The molecule has 0 radical (unpaired) electrons. The molecule has 166 valence electrons. The molecule has 0 spiro atoms. The van der Waals surface area contributed by atoms with E-state index in [0.717, 1.165) is 49.4 Å². The molecule has 31 heavy (non-hydrogen) atoms. The smallest absolute Gasteiger partial charge is 0.229 e. The van der Waals surface area contributed by atoms with Crippen molar-refractivity contribution >= 4 is 11.8 Å². The van der Waals surface area contributed by atoms with Crippen LogP contribution in [0.25, 0.3) is 0 Å². The van der Waals surface area contributed by atoms with Gasteiger partial charge in [0.05, 0.1) is 13.5 Å². The van der Waals surface area contributed by atoms with Crippen LogP contribution in [0.4, 0.5) is 0 Å². The number of nitrogens with zero attached hydrogens (tertiary/aromatic N) is 4. The fourth-order valence-electron chi connectivity index (χ4n) is 4.15. The molecule has 1 atom stereocenters. The Bertz CT molecular complexity index is 907. The molecule has 2 aromatic rings. The van der Waals surface area contributed by atoms with Crippen molar-refractivity contribution in [3.63, 3.8) is 0 Å². The molecule has 1 aliphatic carbocycles. The van der Waals surface area contributed by atoms with Gasteiger partial charge < -0.3 is 19.1 Å². The van der Waals surface area contributed by atoms with Gasteiger partial charge in [0.1, 0.15) is 5.75 Å². The van der Waals surface area contributed by atoms with Gasteiger partial charge in [-0.25, -0.2) is 0 Å². The molecule has 1 saturated heterocycles. The van der Waals surface area contributed by atoms with Crippen LogP contribution in [-0.4, -0.2) is 64.5 Å². The van der Waals surface area contributed by atoms with Crippen LogP contribution in [0.3, 0.4) is 0 Å². The number of ether oxygens (including phenoxy) is 1. The van der Waals surface area contributed by atoms with Crippen molar-refractivity contribution < 1.29 is 18.8 Å². The van der Waals surface area contributed by atoms with Crippen molar-refractivity contribution in [3.8, 4) is 5.75 Å². The lowest BCUT2D eigenvalue weighted by Crippen LogP contribution is -2.52. The second kappa shape index (κ2) is 9.49. The average molecular weight is 427 g/mol. The topological polar surface area (TPSA) is 88.8 Å². The van der Waals surface area contributed by atoms with Gasteiger partial charge in [-0.05, 0) is 43.4 Å². The van der Waals surface area contributed by atoms with E-state index in [1.807, 2.05) is 34.1 Å². The minimum atomic E-state index is 0.0142. The lowest BCUT2D eigenvalue weighted by molar-refractivity contribution is -0.138. The third-order valence-corrected chi connectivity index (χ3v) is 6.10. The number of amides is 2. The van der Waals surface area contributed by atoms with Crippen molar-refractivity contribution in [3.05, 3.63) is 41.5 Å². The molecule has 8 heteroatoms. The Balaban J connectivity index is 1.33. The molecule has 2 amide bonds. The van der Waals surface area contributed by atoms with Crippen LogP contribution in [0, 0.1) is 0 Å². The molecule has 1 aromatic carbocycles. The Kier molecular flexibility index (Phi) is 6.53. The Morgan fingerprint density at radius 2 is 2.00 bits per heavy atom. The molecule has 2 heterocycles. The summed E-state index contributed by atoms with van der Waals surface area (Å²) in [6.07, 6.45) is 4.92. The Hall–Kier alpha value is -2.90. The van der Waals surface area contributed by atoms with Crippen molar-refractivity contribution in [2.24, 2.45) is 0 Å². The first kappa shape index (κ1) is 21.3. The fraction of sp³-hybridized carbons (Fsp3) is 0.565. The number of likely N-dealkylation sites (tertiary alicyclic amines) is 1. The molecule has 1 aromatic heterocycles. The third kappa shape index (κ3) is 5.42. The van der Waals surface area contributed by atoms with E-state index in [4.69, 9.17) is 9.26 Å². The molecule has 2 aliphatic rings. The summed E-state index contributed by atoms with van der Waals surface area (Å²) in [5.74, 6) is 2.67. The van der Waals surface area contributed by atoms with Crippen LogP contribution in [0.2, 0.25) is 0 Å². The first-order chi connectivity index (χ1) is 15.0. The van der Waals surface area contributed by atoms with Gasteiger partial charge in [-0.1, -0.05) is 17.3 Å². The number of carbonyl (C=O) groups is 2. The number of rotatable bonds is 8. The molecule has 1 saturated carbocycles. The maximum Gasteiger partial charge on any atom is 0.229 e.